The fourth-order valence-electron chi connectivity index (χ4n) is 4.44. The van der Waals surface area contributed by atoms with E-state index in [2.05, 4.69) is 21.7 Å². The van der Waals surface area contributed by atoms with Crippen molar-refractivity contribution in [3.8, 4) is 0 Å². The first-order valence-corrected chi connectivity index (χ1v) is 10.5. The molecule has 0 aromatic heterocycles. The molecule has 3 fully saturated rings. The highest BCUT2D eigenvalue weighted by atomic mass is 16.5. The van der Waals surface area contributed by atoms with Gasteiger partial charge < -0.3 is 24.2 Å². The van der Waals surface area contributed by atoms with Gasteiger partial charge in [-0.1, -0.05) is 0 Å². The third-order valence-corrected chi connectivity index (χ3v) is 6.18. The highest BCUT2D eigenvalue weighted by Crippen LogP contribution is 2.13. The minimum atomic E-state index is -0.299. The number of rotatable bonds is 8. The van der Waals surface area contributed by atoms with Crippen molar-refractivity contribution in [3.05, 3.63) is 0 Å². The van der Waals surface area contributed by atoms with Crippen molar-refractivity contribution in [1.29, 1.82) is 0 Å². The normalized spacial score (nSPS) is 28.1. The summed E-state index contributed by atoms with van der Waals surface area (Å²) in [5, 5.41) is 21.0. The number of β-amino-alcohol motifs (C(OH)–C–C–N with tert-alkyl or cyclic N) is 2. The summed E-state index contributed by atoms with van der Waals surface area (Å²) in [5.41, 5.74) is 0. The first-order chi connectivity index (χ1) is 13.0. The molecule has 8 nitrogen and oxygen atoms in total. The standard InChI is InChI=1S/C19H39N4O4/c1-23(17-19(25)16-22-6-12-27-13-7-22)8-2-20(3-9-23)14-18(24)15-21-4-10-26-11-5-21/h18-19,24-25H,2-17H2,1H3/q+1. The summed E-state index contributed by atoms with van der Waals surface area (Å²) < 4.78 is 11.7. The number of morpholine rings is 2. The van der Waals surface area contributed by atoms with Gasteiger partial charge in [-0.05, 0) is 0 Å². The Bertz CT molecular complexity index is 422. The van der Waals surface area contributed by atoms with Gasteiger partial charge in [0.2, 0.25) is 0 Å². The third-order valence-electron chi connectivity index (χ3n) is 6.18. The number of hydrogen-bond donors (Lipinski definition) is 2. The second kappa shape index (κ2) is 10.5. The lowest BCUT2D eigenvalue weighted by molar-refractivity contribution is -0.916. The van der Waals surface area contributed by atoms with Gasteiger partial charge in [0.25, 0.3) is 0 Å². The highest BCUT2D eigenvalue weighted by molar-refractivity contribution is 4.74. The minimum absolute atomic E-state index is 0.286. The number of likely N-dealkylation sites (N-methyl/N-ethyl adjacent to an activating group) is 1. The number of quaternary nitrogens is 1. The number of hydrogen-bond acceptors (Lipinski definition) is 7. The number of piperazine rings is 1. The van der Waals surface area contributed by atoms with Crippen LogP contribution in [0, 0.1) is 0 Å². The van der Waals surface area contributed by atoms with Crippen LogP contribution in [0.15, 0.2) is 0 Å². The fourth-order valence-corrected chi connectivity index (χ4v) is 4.44. The van der Waals surface area contributed by atoms with Gasteiger partial charge in [0.1, 0.15) is 12.6 Å². The summed E-state index contributed by atoms with van der Waals surface area (Å²) in [7, 11) is 2.25. The predicted octanol–water partition coefficient (Wildman–Crippen LogP) is -1.87. The molecule has 0 amide bonds. The summed E-state index contributed by atoms with van der Waals surface area (Å²) in [6, 6.07) is 0. The molecule has 2 N–H and O–H groups in total. The quantitative estimate of drug-likeness (QED) is 0.473. The Labute approximate surface area is 163 Å². The van der Waals surface area contributed by atoms with Gasteiger partial charge in [-0.25, -0.2) is 0 Å². The minimum Gasteiger partial charge on any atom is -0.390 e. The Morgan fingerprint density at radius 2 is 1.11 bits per heavy atom. The molecule has 3 heterocycles. The zero-order chi connectivity index (χ0) is 19.1. The Hall–Kier alpha value is -0.320. The zero-order valence-electron chi connectivity index (χ0n) is 17.0. The maximum atomic E-state index is 10.5. The van der Waals surface area contributed by atoms with Crippen LogP contribution in [-0.2, 0) is 9.47 Å². The van der Waals surface area contributed by atoms with Crippen LogP contribution < -0.4 is 0 Å². The molecule has 2 unspecified atom stereocenters. The van der Waals surface area contributed by atoms with E-state index in [1.165, 1.54) is 0 Å². The molecule has 0 radical (unpaired) electrons. The van der Waals surface area contributed by atoms with Crippen molar-refractivity contribution in [3.63, 3.8) is 0 Å². The van der Waals surface area contributed by atoms with Crippen LogP contribution in [0.25, 0.3) is 0 Å². The smallest absolute Gasteiger partial charge is 0.115 e. The highest BCUT2D eigenvalue weighted by Gasteiger charge is 2.32. The molecular formula is C19H39N4O4+. The molecule has 158 valence electrons. The molecule has 3 saturated heterocycles. The maximum Gasteiger partial charge on any atom is 0.115 e. The molecule has 2 atom stereocenters. The molecule has 0 aromatic rings. The molecule has 0 spiro atoms. The average Bonchev–Trinajstić information content (AvgIpc) is 2.65. The van der Waals surface area contributed by atoms with Crippen molar-refractivity contribution in [2.75, 3.05) is 112 Å². The number of aliphatic hydroxyl groups is 2. The van der Waals surface area contributed by atoms with Gasteiger partial charge >= 0.3 is 0 Å². The van der Waals surface area contributed by atoms with Crippen molar-refractivity contribution in [1.82, 2.24) is 14.7 Å². The second-order valence-corrected chi connectivity index (χ2v) is 8.68. The molecule has 8 heteroatoms. The van der Waals surface area contributed by atoms with E-state index in [1.807, 2.05) is 0 Å². The van der Waals surface area contributed by atoms with Crippen LogP contribution >= 0.6 is 0 Å². The molecule has 0 saturated carbocycles. The lowest BCUT2D eigenvalue weighted by atomic mass is 10.2. The summed E-state index contributed by atoms with van der Waals surface area (Å²) in [6.45, 7) is 13.9. The largest absolute Gasteiger partial charge is 0.390 e. The molecule has 0 aromatic carbocycles. The monoisotopic (exact) mass is 387 g/mol. The van der Waals surface area contributed by atoms with Gasteiger partial charge in [-0.2, -0.15) is 0 Å². The lowest BCUT2D eigenvalue weighted by Gasteiger charge is -2.44. The second-order valence-electron chi connectivity index (χ2n) is 8.68. The summed E-state index contributed by atoms with van der Waals surface area (Å²) in [6.07, 6.45) is -0.585. The van der Waals surface area contributed by atoms with Crippen LogP contribution in [0.5, 0.6) is 0 Å². The van der Waals surface area contributed by atoms with Gasteiger partial charge in [0.05, 0.1) is 52.7 Å². The molecule has 3 aliphatic rings. The van der Waals surface area contributed by atoms with Crippen LogP contribution in [0.4, 0.5) is 0 Å². The van der Waals surface area contributed by atoms with Crippen molar-refractivity contribution in [2.45, 2.75) is 12.2 Å². The molecule has 0 aliphatic carbocycles. The zero-order valence-corrected chi connectivity index (χ0v) is 17.0. The third kappa shape index (κ3) is 7.21. The van der Waals surface area contributed by atoms with Crippen molar-refractivity contribution >= 4 is 0 Å². The van der Waals surface area contributed by atoms with E-state index < -0.39 is 0 Å². The number of nitrogens with zero attached hydrogens (tertiary/aromatic N) is 4. The lowest BCUT2D eigenvalue weighted by Crippen LogP contribution is -2.61. The van der Waals surface area contributed by atoms with E-state index in [1.54, 1.807) is 0 Å². The SMILES string of the molecule is C[N+]1(CC(O)CN2CCOCC2)CCN(CC(O)CN2CCOCC2)CC1. The van der Waals surface area contributed by atoms with E-state index in [9.17, 15) is 10.2 Å². The Morgan fingerprint density at radius 1 is 0.704 bits per heavy atom. The van der Waals surface area contributed by atoms with E-state index >= 15 is 0 Å². The van der Waals surface area contributed by atoms with Crippen molar-refractivity contribution in [2.24, 2.45) is 0 Å². The van der Waals surface area contributed by atoms with E-state index in [-0.39, 0.29) is 12.2 Å². The molecule has 3 rings (SSSR count). The predicted molar refractivity (Wildman–Crippen MR) is 104 cm³/mol. The van der Waals surface area contributed by atoms with E-state index in [0.29, 0.717) is 0 Å². The van der Waals surface area contributed by atoms with Gasteiger partial charge in [-0.3, -0.25) is 14.7 Å². The first-order valence-electron chi connectivity index (χ1n) is 10.5. The molecule has 0 bridgehead atoms. The molecule has 3 aliphatic heterocycles. The van der Waals surface area contributed by atoms with Crippen molar-refractivity contribution < 1.29 is 24.2 Å². The van der Waals surface area contributed by atoms with Gasteiger partial charge in [-0.15, -0.1) is 0 Å². The summed E-state index contributed by atoms with van der Waals surface area (Å²) >= 11 is 0. The molecule has 27 heavy (non-hydrogen) atoms. The Morgan fingerprint density at radius 3 is 1.59 bits per heavy atom. The van der Waals surface area contributed by atoms with Gasteiger partial charge in [0.15, 0.2) is 0 Å². The topological polar surface area (TPSA) is 68.6 Å². The van der Waals surface area contributed by atoms with E-state index in [0.717, 1.165) is 109 Å². The Balaban J connectivity index is 1.34. The fraction of sp³-hybridized carbons (Fsp3) is 1.00. The van der Waals surface area contributed by atoms with Crippen LogP contribution in [0.1, 0.15) is 0 Å². The number of aliphatic hydroxyl groups excluding tert-OH is 2. The summed E-state index contributed by atoms with van der Waals surface area (Å²) in [4.78, 5) is 6.97. The van der Waals surface area contributed by atoms with Crippen LogP contribution in [0.3, 0.4) is 0 Å². The molecular weight excluding hydrogens is 348 g/mol. The summed E-state index contributed by atoms with van der Waals surface area (Å²) in [5.74, 6) is 0. The number of ether oxygens (including phenoxy) is 2. The maximum absolute atomic E-state index is 10.5. The van der Waals surface area contributed by atoms with Crippen LogP contribution in [0.2, 0.25) is 0 Å². The average molecular weight is 388 g/mol. The van der Waals surface area contributed by atoms with Gasteiger partial charge in [0, 0.05) is 58.9 Å². The van der Waals surface area contributed by atoms with Crippen LogP contribution in [-0.4, -0.2) is 154 Å². The van der Waals surface area contributed by atoms with E-state index in [4.69, 9.17) is 9.47 Å². The Kier molecular flexibility index (Phi) is 8.28. The first kappa shape index (κ1) is 21.4.